The van der Waals surface area contributed by atoms with Crippen molar-refractivity contribution in [2.75, 3.05) is 25.3 Å². The molecule has 2 heterocycles. The Morgan fingerprint density at radius 2 is 1.88 bits per heavy atom. The van der Waals surface area contributed by atoms with E-state index in [-0.39, 0.29) is 11.7 Å². The van der Waals surface area contributed by atoms with E-state index in [1.54, 1.807) is 14.2 Å². The van der Waals surface area contributed by atoms with Gasteiger partial charge >= 0.3 is 0 Å². The summed E-state index contributed by atoms with van der Waals surface area (Å²) in [5, 5.41) is 14.4. The fraction of sp³-hybridized carbons (Fsp3) is 0.217. The third-order valence-electron chi connectivity index (χ3n) is 4.91. The lowest BCUT2D eigenvalue weighted by molar-refractivity contribution is -0.113. The predicted octanol–water partition coefficient (Wildman–Crippen LogP) is 4.76. The first kappa shape index (κ1) is 22.8. The Kier molecular flexibility index (Phi) is 6.95. The molecule has 2 aromatic carbocycles. The summed E-state index contributed by atoms with van der Waals surface area (Å²) in [4.78, 5) is 17.1. The molecule has 0 aliphatic carbocycles. The number of hydrogen-bond acceptors (Lipinski definition) is 8. The van der Waals surface area contributed by atoms with Crippen molar-refractivity contribution in [3.05, 3.63) is 59.2 Å². The molecule has 0 radical (unpaired) electrons. The van der Waals surface area contributed by atoms with Crippen LogP contribution in [0.4, 0.5) is 5.13 Å². The van der Waals surface area contributed by atoms with Gasteiger partial charge < -0.3 is 14.8 Å². The molecule has 170 valence electrons. The number of amides is 1. The number of thiazole rings is 1. The Hall–Kier alpha value is -3.37. The zero-order valence-corrected chi connectivity index (χ0v) is 20.3. The largest absolute Gasteiger partial charge is 0.493 e. The van der Waals surface area contributed by atoms with Crippen LogP contribution in [0.2, 0.25) is 0 Å². The van der Waals surface area contributed by atoms with Gasteiger partial charge in [0.05, 0.1) is 31.4 Å². The fourth-order valence-corrected chi connectivity index (χ4v) is 4.80. The van der Waals surface area contributed by atoms with E-state index in [9.17, 15) is 4.79 Å². The zero-order chi connectivity index (χ0) is 23.4. The maximum atomic E-state index is 12.6. The molecule has 10 heteroatoms. The summed E-state index contributed by atoms with van der Waals surface area (Å²) in [6.45, 7) is 3.93. The minimum atomic E-state index is -0.162. The highest BCUT2D eigenvalue weighted by Crippen LogP contribution is 2.33. The number of carbonyl (C=O) groups excluding carboxylic acids is 1. The lowest BCUT2D eigenvalue weighted by Crippen LogP contribution is -2.14. The molecule has 0 saturated carbocycles. The minimum absolute atomic E-state index is 0.162. The van der Waals surface area contributed by atoms with Crippen LogP contribution < -0.4 is 14.8 Å². The Labute approximate surface area is 200 Å². The number of nitrogens with one attached hydrogen (secondary N) is 1. The molecule has 0 unspecified atom stereocenters. The monoisotopic (exact) mass is 481 g/mol. The van der Waals surface area contributed by atoms with Crippen LogP contribution in [0.5, 0.6) is 11.5 Å². The molecule has 0 fully saturated rings. The van der Waals surface area contributed by atoms with Crippen molar-refractivity contribution in [1.29, 1.82) is 0 Å². The van der Waals surface area contributed by atoms with Crippen LogP contribution in [0, 0.1) is 13.8 Å². The second kappa shape index (κ2) is 10.1. The smallest absolute Gasteiger partial charge is 0.236 e. The van der Waals surface area contributed by atoms with Crippen LogP contribution in [-0.2, 0) is 4.79 Å². The van der Waals surface area contributed by atoms with Gasteiger partial charge in [0.2, 0.25) is 5.91 Å². The average Bonchev–Trinajstić information content (AvgIpc) is 3.44. The maximum Gasteiger partial charge on any atom is 0.236 e. The van der Waals surface area contributed by atoms with E-state index in [1.807, 2.05) is 66.3 Å². The summed E-state index contributed by atoms with van der Waals surface area (Å²) >= 11 is 2.70. The van der Waals surface area contributed by atoms with Crippen LogP contribution in [-0.4, -0.2) is 45.6 Å². The van der Waals surface area contributed by atoms with E-state index in [1.165, 1.54) is 23.1 Å². The number of aryl methyl sites for hydroxylation is 2. The van der Waals surface area contributed by atoms with Crippen molar-refractivity contribution >= 4 is 34.1 Å². The van der Waals surface area contributed by atoms with Gasteiger partial charge in [0.1, 0.15) is 5.82 Å². The van der Waals surface area contributed by atoms with E-state index < -0.39 is 0 Å². The second-order valence-electron chi connectivity index (χ2n) is 7.10. The summed E-state index contributed by atoms with van der Waals surface area (Å²) in [7, 11) is 3.18. The van der Waals surface area contributed by atoms with E-state index in [0.717, 1.165) is 28.3 Å². The molecular weight excluding hydrogens is 458 g/mol. The van der Waals surface area contributed by atoms with Gasteiger partial charge in [0.25, 0.3) is 0 Å². The molecule has 4 rings (SSSR count). The number of ether oxygens (including phenoxy) is 2. The van der Waals surface area contributed by atoms with Crippen molar-refractivity contribution < 1.29 is 14.3 Å². The van der Waals surface area contributed by atoms with Crippen LogP contribution in [0.15, 0.2) is 53.0 Å². The van der Waals surface area contributed by atoms with Gasteiger partial charge in [-0.3, -0.25) is 9.36 Å². The topological polar surface area (TPSA) is 91.2 Å². The van der Waals surface area contributed by atoms with Gasteiger partial charge in [0.15, 0.2) is 21.8 Å². The molecule has 8 nitrogen and oxygen atoms in total. The van der Waals surface area contributed by atoms with Crippen LogP contribution in [0.3, 0.4) is 0 Å². The number of benzene rings is 2. The summed E-state index contributed by atoms with van der Waals surface area (Å²) in [6, 6.07) is 13.6. The molecule has 0 spiro atoms. The molecule has 0 saturated heterocycles. The number of hydrogen-bond donors (Lipinski definition) is 1. The Morgan fingerprint density at radius 1 is 1.09 bits per heavy atom. The average molecular weight is 482 g/mol. The highest BCUT2D eigenvalue weighted by molar-refractivity contribution is 7.99. The standard InChI is InChI=1S/C23H23N5O3S2/c1-14-7-5-6-8-18(14)28-15(2)26-27-23(28)33-13-21(29)25-22-24-17(12-32-22)16-9-10-19(30-3)20(11-16)31-4/h5-12H,13H2,1-4H3,(H,24,25,29). The van der Waals surface area contributed by atoms with Gasteiger partial charge in [-0.1, -0.05) is 30.0 Å². The number of anilines is 1. The van der Waals surface area contributed by atoms with Gasteiger partial charge in [-0.15, -0.1) is 21.5 Å². The molecule has 2 aromatic heterocycles. The first-order valence-corrected chi connectivity index (χ1v) is 11.9. The summed E-state index contributed by atoms with van der Waals surface area (Å²) in [6.07, 6.45) is 0. The predicted molar refractivity (Wildman–Crippen MR) is 131 cm³/mol. The number of thioether (sulfide) groups is 1. The van der Waals surface area contributed by atoms with Crippen molar-refractivity contribution in [2.45, 2.75) is 19.0 Å². The summed E-state index contributed by atoms with van der Waals surface area (Å²) < 4.78 is 12.6. The number of para-hydroxylation sites is 1. The van der Waals surface area contributed by atoms with Crippen molar-refractivity contribution in [2.24, 2.45) is 0 Å². The molecule has 0 aliphatic heterocycles. The first-order valence-electron chi connectivity index (χ1n) is 10.1. The Morgan fingerprint density at radius 3 is 2.64 bits per heavy atom. The number of nitrogens with zero attached hydrogens (tertiary/aromatic N) is 4. The van der Waals surface area contributed by atoms with E-state index >= 15 is 0 Å². The second-order valence-corrected chi connectivity index (χ2v) is 8.90. The van der Waals surface area contributed by atoms with Gasteiger partial charge in [0, 0.05) is 10.9 Å². The highest BCUT2D eigenvalue weighted by atomic mass is 32.2. The molecular formula is C23H23N5O3S2. The zero-order valence-electron chi connectivity index (χ0n) is 18.7. The quantitative estimate of drug-likeness (QED) is 0.363. The SMILES string of the molecule is COc1ccc(-c2csc(NC(=O)CSc3nnc(C)n3-c3ccccc3C)n2)cc1OC. The Bertz CT molecular complexity index is 1280. The Balaban J connectivity index is 1.42. The van der Waals surface area contributed by atoms with Crippen molar-refractivity contribution in [3.8, 4) is 28.4 Å². The molecule has 0 aliphatic rings. The third-order valence-corrected chi connectivity index (χ3v) is 6.60. The maximum absolute atomic E-state index is 12.6. The third kappa shape index (κ3) is 5.01. The van der Waals surface area contributed by atoms with Crippen molar-refractivity contribution in [1.82, 2.24) is 19.7 Å². The summed E-state index contributed by atoms with van der Waals surface area (Å²) in [5.41, 5.74) is 3.74. The normalized spacial score (nSPS) is 10.8. The number of aromatic nitrogens is 4. The van der Waals surface area contributed by atoms with Gasteiger partial charge in [-0.25, -0.2) is 4.98 Å². The molecule has 1 amide bonds. The number of carbonyl (C=O) groups is 1. The van der Waals surface area contributed by atoms with E-state index in [0.29, 0.717) is 21.8 Å². The number of rotatable bonds is 8. The number of methoxy groups -OCH3 is 2. The lowest BCUT2D eigenvalue weighted by atomic mass is 10.1. The molecule has 33 heavy (non-hydrogen) atoms. The highest BCUT2D eigenvalue weighted by Gasteiger charge is 2.16. The van der Waals surface area contributed by atoms with Crippen LogP contribution in [0.1, 0.15) is 11.4 Å². The molecule has 4 aromatic rings. The fourth-order valence-electron chi connectivity index (χ4n) is 3.27. The summed E-state index contributed by atoms with van der Waals surface area (Å²) in [5.74, 6) is 2.07. The van der Waals surface area contributed by atoms with Crippen LogP contribution in [0.25, 0.3) is 16.9 Å². The minimum Gasteiger partial charge on any atom is -0.493 e. The molecule has 1 N–H and O–H groups in total. The van der Waals surface area contributed by atoms with Gasteiger partial charge in [-0.2, -0.15) is 0 Å². The van der Waals surface area contributed by atoms with Gasteiger partial charge in [-0.05, 0) is 43.7 Å². The molecule has 0 bridgehead atoms. The van der Waals surface area contributed by atoms with Crippen LogP contribution >= 0.6 is 23.1 Å². The van der Waals surface area contributed by atoms with Crippen molar-refractivity contribution in [3.63, 3.8) is 0 Å². The lowest BCUT2D eigenvalue weighted by Gasteiger charge is -2.10. The molecule has 0 atom stereocenters. The first-order chi connectivity index (χ1) is 16.0. The van der Waals surface area contributed by atoms with E-state index in [4.69, 9.17) is 9.47 Å². The van der Waals surface area contributed by atoms with E-state index in [2.05, 4.69) is 20.5 Å².